The predicted molar refractivity (Wildman–Crippen MR) is 79.4 cm³/mol. The van der Waals surface area contributed by atoms with Crippen LogP contribution < -0.4 is 5.73 Å². The first-order valence-corrected chi connectivity index (χ1v) is 6.93. The summed E-state index contributed by atoms with van der Waals surface area (Å²) in [7, 11) is 2.09. The predicted octanol–water partition coefficient (Wildman–Crippen LogP) is 3.27. The summed E-state index contributed by atoms with van der Waals surface area (Å²) in [6.07, 6.45) is 1.12. The van der Waals surface area contributed by atoms with E-state index in [9.17, 15) is 4.39 Å². The van der Waals surface area contributed by atoms with Crippen molar-refractivity contribution in [3.63, 3.8) is 0 Å². The summed E-state index contributed by atoms with van der Waals surface area (Å²) >= 11 is 0. The zero-order valence-electron chi connectivity index (χ0n) is 12.6. The van der Waals surface area contributed by atoms with E-state index in [1.54, 1.807) is 0 Å². The Morgan fingerprint density at radius 2 is 1.79 bits per heavy atom. The van der Waals surface area contributed by atoms with E-state index < -0.39 is 0 Å². The quantitative estimate of drug-likeness (QED) is 0.856. The van der Waals surface area contributed by atoms with Crippen molar-refractivity contribution in [1.29, 1.82) is 0 Å². The van der Waals surface area contributed by atoms with E-state index in [-0.39, 0.29) is 5.82 Å². The molecule has 0 aromatic heterocycles. The number of hydrogen-bond acceptors (Lipinski definition) is 2. The highest BCUT2D eigenvalue weighted by Gasteiger charge is 2.19. The van der Waals surface area contributed by atoms with Crippen LogP contribution in [-0.4, -0.2) is 25.0 Å². The Bertz CT molecular complexity index is 367. The highest BCUT2D eigenvalue weighted by atomic mass is 19.1. The van der Waals surface area contributed by atoms with Crippen LogP contribution in [0.5, 0.6) is 0 Å². The van der Waals surface area contributed by atoms with Crippen molar-refractivity contribution < 1.29 is 4.39 Å². The van der Waals surface area contributed by atoms with Crippen LogP contribution in [0.25, 0.3) is 0 Å². The molecule has 0 amide bonds. The lowest BCUT2D eigenvalue weighted by Gasteiger charge is -2.28. The minimum atomic E-state index is -0.182. The Morgan fingerprint density at radius 1 is 1.21 bits per heavy atom. The number of hydrogen-bond donors (Lipinski definition) is 1. The number of rotatable bonds is 6. The number of nitrogens with two attached hydrogens (primary N) is 1. The lowest BCUT2D eigenvalue weighted by molar-refractivity contribution is 0.216. The van der Waals surface area contributed by atoms with E-state index >= 15 is 0 Å². The van der Waals surface area contributed by atoms with Crippen molar-refractivity contribution in [2.45, 2.75) is 33.7 Å². The van der Waals surface area contributed by atoms with Gasteiger partial charge in [-0.15, -0.1) is 0 Å². The summed E-state index contributed by atoms with van der Waals surface area (Å²) in [6, 6.07) is 6.71. The van der Waals surface area contributed by atoms with E-state index in [4.69, 9.17) is 5.73 Å². The fourth-order valence-corrected chi connectivity index (χ4v) is 2.50. The van der Waals surface area contributed by atoms with Crippen LogP contribution in [0.3, 0.4) is 0 Å². The summed E-state index contributed by atoms with van der Waals surface area (Å²) in [5.74, 6) is 0.324. The second-order valence-corrected chi connectivity index (χ2v) is 6.69. The molecule has 2 N–H and O–H groups in total. The Balaban J connectivity index is 2.49. The van der Waals surface area contributed by atoms with Crippen molar-refractivity contribution in [2.24, 2.45) is 17.1 Å². The van der Waals surface area contributed by atoms with Crippen LogP contribution in [0.2, 0.25) is 0 Å². The van der Waals surface area contributed by atoms with Gasteiger partial charge < -0.3 is 10.6 Å². The molecule has 0 saturated carbocycles. The van der Waals surface area contributed by atoms with Crippen molar-refractivity contribution in [1.82, 2.24) is 4.90 Å². The summed E-state index contributed by atoms with van der Waals surface area (Å²) in [6.45, 7) is 9.26. The molecule has 1 atom stereocenters. The van der Waals surface area contributed by atoms with Gasteiger partial charge in [0, 0.05) is 13.1 Å². The van der Waals surface area contributed by atoms with Crippen molar-refractivity contribution in [2.75, 3.05) is 20.1 Å². The molecule has 3 heteroatoms. The van der Waals surface area contributed by atoms with E-state index in [2.05, 4.69) is 32.7 Å². The minimum Gasteiger partial charge on any atom is -0.330 e. The standard InChI is InChI=1S/C16H27FN2/c1-16(2,3)9-14(10-18)12-19(4)11-13-5-7-15(17)8-6-13/h5-8,14H,9-12,18H2,1-4H3. The molecule has 108 valence electrons. The van der Waals surface area contributed by atoms with Gasteiger partial charge in [-0.2, -0.15) is 0 Å². The SMILES string of the molecule is CN(Cc1ccc(F)cc1)CC(CN)CC(C)(C)C. The molecule has 0 radical (unpaired) electrons. The van der Waals surface area contributed by atoms with Gasteiger partial charge in [0.1, 0.15) is 5.82 Å². The lowest BCUT2D eigenvalue weighted by Crippen LogP contribution is -2.32. The van der Waals surface area contributed by atoms with Crippen molar-refractivity contribution in [3.8, 4) is 0 Å². The molecule has 0 fully saturated rings. The maximum Gasteiger partial charge on any atom is 0.123 e. The van der Waals surface area contributed by atoms with E-state index in [0.29, 0.717) is 17.9 Å². The van der Waals surface area contributed by atoms with Gasteiger partial charge in [-0.1, -0.05) is 32.9 Å². The van der Waals surface area contributed by atoms with Crippen LogP contribution in [-0.2, 0) is 6.54 Å². The second-order valence-electron chi connectivity index (χ2n) is 6.69. The summed E-state index contributed by atoms with van der Waals surface area (Å²) < 4.78 is 12.8. The molecular formula is C16H27FN2. The van der Waals surface area contributed by atoms with Crippen LogP contribution in [0.4, 0.5) is 4.39 Å². The van der Waals surface area contributed by atoms with Gasteiger partial charge in [-0.25, -0.2) is 4.39 Å². The first-order valence-electron chi connectivity index (χ1n) is 6.93. The molecule has 0 bridgehead atoms. The lowest BCUT2D eigenvalue weighted by atomic mass is 9.84. The second kappa shape index (κ2) is 7.01. The number of benzene rings is 1. The average Bonchev–Trinajstić information content (AvgIpc) is 2.29. The van der Waals surface area contributed by atoms with Crippen LogP contribution in [0.1, 0.15) is 32.8 Å². The van der Waals surface area contributed by atoms with E-state index in [0.717, 1.165) is 25.1 Å². The fourth-order valence-electron chi connectivity index (χ4n) is 2.50. The van der Waals surface area contributed by atoms with Crippen molar-refractivity contribution >= 4 is 0 Å². The van der Waals surface area contributed by atoms with Crippen LogP contribution >= 0.6 is 0 Å². The van der Waals surface area contributed by atoms with Gasteiger partial charge in [0.2, 0.25) is 0 Å². The summed E-state index contributed by atoms with van der Waals surface area (Å²) in [4.78, 5) is 2.26. The molecule has 0 saturated heterocycles. The molecule has 0 aliphatic heterocycles. The first-order chi connectivity index (χ1) is 8.80. The monoisotopic (exact) mass is 266 g/mol. The first kappa shape index (κ1) is 16.1. The average molecular weight is 266 g/mol. The van der Waals surface area contributed by atoms with Crippen molar-refractivity contribution in [3.05, 3.63) is 35.6 Å². The van der Waals surface area contributed by atoms with Gasteiger partial charge in [0.25, 0.3) is 0 Å². The topological polar surface area (TPSA) is 29.3 Å². The van der Waals surface area contributed by atoms with Crippen LogP contribution in [0, 0.1) is 17.2 Å². The molecule has 1 unspecified atom stereocenters. The molecule has 1 aromatic rings. The highest BCUT2D eigenvalue weighted by molar-refractivity contribution is 5.15. The third kappa shape index (κ3) is 6.69. The third-order valence-corrected chi connectivity index (χ3v) is 3.17. The highest BCUT2D eigenvalue weighted by Crippen LogP contribution is 2.24. The smallest absolute Gasteiger partial charge is 0.123 e. The molecule has 0 aliphatic carbocycles. The van der Waals surface area contributed by atoms with Crippen LogP contribution in [0.15, 0.2) is 24.3 Å². The Kier molecular flexibility index (Phi) is 5.95. The third-order valence-electron chi connectivity index (χ3n) is 3.17. The summed E-state index contributed by atoms with van der Waals surface area (Å²) in [5.41, 5.74) is 7.31. The number of nitrogens with zero attached hydrogens (tertiary/aromatic N) is 1. The Labute approximate surface area is 116 Å². The molecule has 2 nitrogen and oxygen atoms in total. The normalized spacial score (nSPS) is 13.8. The molecule has 0 aliphatic rings. The van der Waals surface area contributed by atoms with Gasteiger partial charge in [-0.05, 0) is 49.0 Å². The van der Waals surface area contributed by atoms with Gasteiger partial charge in [0.15, 0.2) is 0 Å². The molecule has 1 aromatic carbocycles. The maximum atomic E-state index is 12.8. The molecule has 19 heavy (non-hydrogen) atoms. The Hall–Kier alpha value is -0.930. The Morgan fingerprint density at radius 3 is 2.26 bits per heavy atom. The minimum absolute atomic E-state index is 0.182. The van der Waals surface area contributed by atoms with Gasteiger partial charge in [-0.3, -0.25) is 0 Å². The number of halogens is 1. The van der Waals surface area contributed by atoms with Gasteiger partial charge >= 0.3 is 0 Å². The fraction of sp³-hybridized carbons (Fsp3) is 0.625. The zero-order valence-corrected chi connectivity index (χ0v) is 12.6. The maximum absolute atomic E-state index is 12.8. The summed E-state index contributed by atoms with van der Waals surface area (Å²) in [5, 5.41) is 0. The largest absolute Gasteiger partial charge is 0.330 e. The molecule has 0 heterocycles. The molecule has 0 spiro atoms. The van der Waals surface area contributed by atoms with E-state index in [1.807, 2.05) is 12.1 Å². The molecule has 1 rings (SSSR count). The molecular weight excluding hydrogens is 239 g/mol. The van der Waals surface area contributed by atoms with E-state index in [1.165, 1.54) is 12.1 Å². The zero-order chi connectivity index (χ0) is 14.5. The van der Waals surface area contributed by atoms with Gasteiger partial charge in [0.05, 0.1) is 0 Å².